The van der Waals surface area contributed by atoms with Gasteiger partial charge in [-0.05, 0) is 108 Å². The minimum Gasteiger partial charge on any atom is -0.376 e. The monoisotopic (exact) mass is 650 g/mol. The van der Waals surface area contributed by atoms with E-state index in [0.29, 0.717) is 24.1 Å². The molecule has 248 valence electrons. The molecular weight excluding hydrogens is 596 g/mol. The Bertz CT molecular complexity index is 1210. The number of ether oxygens (including phenoxy) is 1. The van der Waals surface area contributed by atoms with Crippen LogP contribution in [-0.2, 0) is 19.6 Å². The molecule has 5 rings (SSSR count). The molecule has 0 spiro atoms. The lowest BCUT2D eigenvalue weighted by molar-refractivity contribution is -0.127. The van der Waals surface area contributed by atoms with Crippen LogP contribution in [0.3, 0.4) is 0 Å². The van der Waals surface area contributed by atoms with Crippen molar-refractivity contribution in [3.8, 4) is 0 Å². The Morgan fingerprint density at radius 3 is 2.64 bits per heavy atom. The van der Waals surface area contributed by atoms with E-state index in [4.69, 9.17) is 16.3 Å². The first-order valence-electron chi connectivity index (χ1n) is 17.1. The van der Waals surface area contributed by atoms with Crippen molar-refractivity contribution >= 4 is 27.5 Å². The third kappa shape index (κ3) is 8.37. The second-order valence-corrected chi connectivity index (χ2v) is 17.0. The van der Waals surface area contributed by atoms with Gasteiger partial charge in [-0.2, -0.15) is 4.31 Å². The summed E-state index contributed by atoms with van der Waals surface area (Å²) < 4.78 is 33.9. The summed E-state index contributed by atoms with van der Waals surface area (Å²) in [6.07, 6.45) is 9.24. The van der Waals surface area contributed by atoms with Gasteiger partial charge >= 0.3 is 0 Å². The lowest BCUT2D eigenvalue weighted by Gasteiger charge is -2.43. The van der Waals surface area contributed by atoms with Crippen molar-refractivity contribution in [1.82, 2.24) is 20.3 Å². The Morgan fingerprint density at radius 1 is 1.14 bits per heavy atom. The van der Waals surface area contributed by atoms with E-state index >= 15 is 0 Å². The van der Waals surface area contributed by atoms with Crippen molar-refractivity contribution in [3.63, 3.8) is 0 Å². The fourth-order valence-electron chi connectivity index (χ4n) is 8.27. The second-order valence-electron chi connectivity index (χ2n) is 14.6. The topological polar surface area (TPSA) is 99.8 Å². The van der Waals surface area contributed by atoms with E-state index in [1.165, 1.54) is 0 Å². The fraction of sp³-hybridized carbons (Fsp3) is 0.794. The second kappa shape index (κ2) is 14.7. The zero-order valence-electron chi connectivity index (χ0n) is 27.2. The number of nitrogens with one attached hydrogen (secondary N) is 3. The molecule has 1 aromatic carbocycles. The highest BCUT2D eigenvalue weighted by atomic mass is 35.5. The first-order chi connectivity index (χ1) is 21.0. The van der Waals surface area contributed by atoms with Crippen molar-refractivity contribution in [2.75, 3.05) is 25.4 Å². The normalized spacial score (nSPS) is 33.6. The Morgan fingerprint density at radius 2 is 1.91 bits per heavy atom. The van der Waals surface area contributed by atoms with E-state index in [-0.39, 0.29) is 59.3 Å². The molecule has 44 heavy (non-hydrogen) atoms. The zero-order valence-corrected chi connectivity index (χ0v) is 28.8. The average molecular weight is 651 g/mol. The molecule has 4 fully saturated rings. The molecule has 10 heteroatoms. The molecule has 8 nitrogen and oxygen atoms in total. The third-order valence-corrected chi connectivity index (χ3v) is 13.1. The summed E-state index contributed by atoms with van der Waals surface area (Å²) in [5.74, 6) is 0.951. The van der Waals surface area contributed by atoms with Crippen LogP contribution in [0.15, 0.2) is 24.3 Å². The first kappa shape index (κ1) is 34.1. The molecule has 3 N–H and O–H groups in total. The van der Waals surface area contributed by atoms with Crippen molar-refractivity contribution in [2.24, 2.45) is 11.8 Å². The molecule has 4 aliphatic rings. The summed E-state index contributed by atoms with van der Waals surface area (Å²) in [4.78, 5) is 14.4. The maximum atomic E-state index is 14.4. The lowest BCUT2D eigenvalue weighted by atomic mass is 9.72. The van der Waals surface area contributed by atoms with Gasteiger partial charge in [0.1, 0.15) is 0 Å². The number of fused-ring (bicyclic) bond motifs is 2. The summed E-state index contributed by atoms with van der Waals surface area (Å²) in [7, 11) is -3.20. The number of sulfonamides is 1. The number of carbonyl (C=O) groups excluding carboxylic acids is 1. The maximum Gasteiger partial charge on any atom is 0.238 e. The van der Waals surface area contributed by atoms with Crippen LogP contribution >= 0.6 is 11.6 Å². The van der Waals surface area contributed by atoms with Crippen LogP contribution in [0, 0.1) is 11.8 Å². The average Bonchev–Trinajstić information content (AvgIpc) is 3.38. The summed E-state index contributed by atoms with van der Waals surface area (Å²) in [6.45, 7) is 10.6. The summed E-state index contributed by atoms with van der Waals surface area (Å²) in [5.41, 5.74) is 0.897. The number of halogens is 1. The quantitative estimate of drug-likeness (QED) is 0.304. The number of hydrogen-bond acceptors (Lipinski definition) is 6. The van der Waals surface area contributed by atoms with Gasteiger partial charge in [0.15, 0.2) is 0 Å². The number of rotatable bonds is 11. The van der Waals surface area contributed by atoms with E-state index in [2.05, 4.69) is 55.8 Å². The molecule has 3 aliphatic heterocycles. The predicted octanol–water partition coefficient (Wildman–Crippen LogP) is 5.22. The van der Waals surface area contributed by atoms with Gasteiger partial charge in [0.2, 0.25) is 15.9 Å². The fourth-order valence-corrected chi connectivity index (χ4v) is 10.2. The van der Waals surface area contributed by atoms with E-state index in [9.17, 15) is 13.2 Å². The van der Waals surface area contributed by atoms with Gasteiger partial charge in [0, 0.05) is 54.8 Å². The highest BCUT2D eigenvalue weighted by Crippen LogP contribution is 2.41. The van der Waals surface area contributed by atoms with Gasteiger partial charge in [0.05, 0.1) is 17.4 Å². The summed E-state index contributed by atoms with van der Waals surface area (Å²) >= 11 is 6.31. The minimum absolute atomic E-state index is 0.00252. The molecule has 1 aliphatic carbocycles. The van der Waals surface area contributed by atoms with Crippen LogP contribution in [0.1, 0.15) is 103 Å². The highest BCUT2D eigenvalue weighted by molar-refractivity contribution is 7.89. The highest BCUT2D eigenvalue weighted by Gasteiger charge is 2.43. The number of benzene rings is 1. The molecular formula is C34H55ClN4O4S. The molecule has 9 atom stereocenters. The van der Waals surface area contributed by atoms with Crippen molar-refractivity contribution < 1.29 is 17.9 Å². The molecule has 3 saturated heterocycles. The van der Waals surface area contributed by atoms with Gasteiger partial charge < -0.3 is 20.7 Å². The number of nitrogens with zero attached hydrogens (tertiary/aromatic N) is 1. The third-order valence-electron chi connectivity index (χ3n) is 10.8. The van der Waals surface area contributed by atoms with Gasteiger partial charge in [0.25, 0.3) is 0 Å². The van der Waals surface area contributed by atoms with Crippen LogP contribution in [-0.4, -0.2) is 79.9 Å². The standard InChI is InChI=1S/C34H55ClN4O4S/c1-5-23(2)37-32(31(25-11-14-27(35)15-12-25)26-17-18-43-34(3,4)20-26)33(40)38-30-10-6-8-24(30)13-16-29-21-36-28-9-7-19-44(41,42)39(29)22-28/h11-12,14-15,23-24,26,28-32,36-37H,5-10,13,16-22H2,1-4H3,(H,38,40). The smallest absolute Gasteiger partial charge is 0.238 e. The number of amides is 1. The van der Waals surface area contributed by atoms with E-state index in [1.807, 2.05) is 12.1 Å². The van der Waals surface area contributed by atoms with Gasteiger partial charge in [-0.1, -0.05) is 37.1 Å². The molecule has 0 radical (unpaired) electrons. The molecule has 0 aromatic heterocycles. The van der Waals surface area contributed by atoms with Crippen LogP contribution in [0.25, 0.3) is 0 Å². The van der Waals surface area contributed by atoms with E-state index in [1.54, 1.807) is 4.31 Å². The van der Waals surface area contributed by atoms with E-state index < -0.39 is 10.0 Å². The number of piperazine rings is 1. The van der Waals surface area contributed by atoms with Gasteiger partial charge in [-0.3, -0.25) is 4.79 Å². The van der Waals surface area contributed by atoms with Crippen molar-refractivity contribution in [3.05, 3.63) is 34.9 Å². The molecule has 2 bridgehead atoms. The van der Waals surface area contributed by atoms with Crippen LogP contribution in [0.4, 0.5) is 0 Å². The summed E-state index contributed by atoms with van der Waals surface area (Å²) in [5, 5.41) is 11.6. The molecule has 9 unspecified atom stereocenters. The summed E-state index contributed by atoms with van der Waals surface area (Å²) in [6, 6.07) is 8.23. The molecule has 1 saturated carbocycles. The lowest BCUT2D eigenvalue weighted by Crippen LogP contribution is -2.57. The maximum absolute atomic E-state index is 14.4. The zero-order chi connectivity index (χ0) is 31.5. The SMILES string of the molecule is CCC(C)NC(C(=O)NC1CCCC1CCC1CNC2CCCS(=O)(=O)N1C2)C(c1ccc(Cl)cc1)C1CCOC(C)(C)C1. The van der Waals surface area contributed by atoms with Crippen LogP contribution in [0.5, 0.6) is 0 Å². The Kier molecular flexibility index (Phi) is 11.4. The molecule has 1 aromatic rings. The van der Waals surface area contributed by atoms with Crippen LogP contribution < -0.4 is 16.0 Å². The Labute approximate surface area is 270 Å². The Hall–Kier alpha value is -1.23. The van der Waals surface area contributed by atoms with Crippen LogP contribution in [0.2, 0.25) is 5.02 Å². The van der Waals surface area contributed by atoms with E-state index in [0.717, 1.165) is 76.3 Å². The van der Waals surface area contributed by atoms with Crippen molar-refractivity contribution in [2.45, 2.75) is 134 Å². The Balaban J connectivity index is 1.32. The first-order valence-corrected chi connectivity index (χ1v) is 19.1. The number of carbonyl (C=O) groups is 1. The number of hydrogen-bond donors (Lipinski definition) is 3. The van der Waals surface area contributed by atoms with Gasteiger partial charge in [-0.15, -0.1) is 0 Å². The molecule has 1 amide bonds. The predicted molar refractivity (Wildman–Crippen MR) is 177 cm³/mol. The van der Waals surface area contributed by atoms with Crippen molar-refractivity contribution in [1.29, 1.82) is 0 Å². The molecule has 3 heterocycles. The minimum atomic E-state index is -3.20. The van der Waals surface area contributed by atoms with Gasteiger partial charge in [-0.25, -0.2) is 8.42 Å². The largest absolute Gasteiger partial charge is 0.376 e.